The number of halogens is 2. The fraction of sp³-hybridized carbons (Fsp3) is 0.462. The van der Waals surface area contributed by atoms with E-state index in [2.05, 4.69) is 15.9 Å². The lowest BCUT2D eigenvalue weighted by Gasteiger charge is -2.46. The van der Waals surface area contributed by atoms with Crippen LogP contribution in [0.25, 0.3) is 0 Å². The van der Waals surface area contributed by atoms with Crippen LogP contribution in [0.2, 0.25) is 0 Å². The van der Waals surface area contributed by atoms with E-state index in [0.29, 0.717) is 16.5 Å². The van der Waals surface area contributed by atoms with Gasteiger partial charge in [-0.3, -0.25) is 4.79 Å². The molecule has 2 rings (SSSR count). The molecule has 0 aromatic heterocycles. The maximum atomic E-state index is 13.9. The van der Waals surface area contributed by atoms with Crippen LogP contribution in [0, 0.1) is 11.7 Å². The summed E-state index contributed by atoms with van der Waals surface area (Å²) < 4.78 is 14.6. The van der Waals surface area contributed by atoms with Gasteiger partial charge in [0.15, 0.2) is 0 Å². The van der Waals surface area contributed by atoms with Gasteiger partial charge in [0.25, 0.3) is 0 Å². The van der Waals surface area contributed by atoms with Gasteiger partial charge in [0, 0.05) is 10.0 Å². The third kappa shape index (κ3) is 1.79. The molecule has 1 aliphatic carbocycles. The predicted molar refractivity (Wildman–Crippen MR) is 66.4 cm³/mol. The zero-order valence-corrected chi connectivity index (χ0v) is 11.1. The first-order chi connectivity index (χ1) is 8.02. The highest BCUT2D eigenvalue weighted by Crippen LogP contribution is 2.51. The monoisotopic (exact) mass is 300 g/mol. The Morgan fingerprint density at radius 2 is 2.35 bits per heavy atom. The summed E-state index contributed by atoms with van der Waals surface area (Å²) in [6, 6.07) is 4.63. The van der Waals surface area contributed by atoms with Crippen LogP contribution in [0.15, 0.2) is 22.7 Å². The van der Waals surface area contributed by atoms with E-state index in [1.807, 2.05) is 6.92 Å². The molecule has 0 saturated heterocycles. The van der Waals surface area contributed by atoms with Crippen molar-refractivity contribution in [2.24, 2.45) is 5.92 Å². The highest BCUT2D eigenvalue weighted by Gasteiger charge is 2.54. The minimum Gasteiger partial charge on any atom is -0.481 e. The number of hydrogen-bond acceptors (Lipinski definition) is 1. The molecule has 0 bridgehead atoms. The first-order valence-corrected chi connectivity index (χ1v) is 6.50. The first-order valence-electron chi connectivity index (χ1n) is 5.71. The van der Waals surface area contributed by atoms with E-state index in [1.54, 1.807) is 12.1 Å². The summed E-state index contributed by atoms with van der Waals surface area (Å²) >= 11 is 3.18. The molecule has 1 aromatic carbocycles. The second-order valence-electron chi connectivity index (χ2n) is 4.54. The van der Waals surface area contributed by atoms with Gasteiger partial charge in [-0.25, -0.2) is 4.39 Å². The highest BCUT2D eigenvalue weighted by atomic mass is 79.9. The molecule has 0 heterocycles. The summed E-state index contributed by atoms with van der Waals surface area (Å²) in [5.74, 6) is -1.30. The largest absolute Gasteiger partial charge is 0.481 e. The molecule has 4 heteroatoms. The maximum Gasteiger partial charge on any atom is 0.314 e. The minimum absolute atomic E-state index is 0.0377. The van der Waals surface area contributed by atoms with Gasteiger partial charge in [-0.05, 0) is 30.9 Å². The van der Waals surface area contributed by atoms with Crippen molar-refractivity contribution < 1.29 is 14.3 Å². The second kappa shape index (κ2) is 4.41. The average molecular weight is 301 g/mol. The molecule has 0 amide bonds. The Kier molecular flexibility index (Phi) is 3.25. The van der Waals surface area contributed by atoms with Crippen molar-refractivity contribution in [3.8, 4) is 0 Å². The first kappa shape index (κ1) is 12.6. The minimum atomic E-state index is -1.01. The average Bonchev–Trinajstić information content (AvgIpc) is 2.20. The van der Waals surface area contributed by atoms with Crippen molar-refractivity contribution in [2.75, 3.05) is 0 Å². The van der Waals surface area contributed by atoms with E-state index >= 15 is 0 Å². The lowest BCUT2D eigenvalue weighted by atomic mass is 9.55. The number of carboxylic acid groups (broad SMARTS) is 1. The molecule has 0 aliphatic heterocycles. The standard InChI is InChI=1S/C13H14BrFO2/c1-2-8-5-6-13(8,12(16)17)10-4-3-9(14)7-11(10)15/h3-4,7-8H,2,5-6H2,1H3,(H,16,17). The summed E-state index contributed by atoms with van der Waals surface area (Å²) in [6.45, 7) is 1.96. The summed E-state index contributed by atoms with van der Waals surface area (Å²) in [4.78, 5) is 11.5. The lowest BCUT2D eigenvalue weighted by Crippen LogP contribution is -2.51. The third-order valence-corrected chi connectivity index (χ3v) is 4.36. The molecule has 1 aromatic rings. The summed E-state index contributed by atoms with van der Waals surface area (Å²) in [5, 5.41) is 9.45. The van der Waals surface area contributed by atoms with Crippen LogP contribution in [0.3, 0.4) is 0 Å². The van der Waals surface area contributed by atoms with Gasteiger partial charge in [0.1, 0.15) is 5.82 Å². The number of carboxylic acids is 1. The molecule has 1 N–H and O–H groups in total. The molecule has 2 nitrogen and oxygen atoms in total. The van der Waals surface area contributed by atoms with Crippen molar-refractivity contribution in [3.05, 3.63) is 34.1 Å². The van der Waals surface area contributed by atoms with Crippen LogP contribution in [0.1, 0.15) is 31.7 Å². The van der Waals surface area contributed by atoms with Crippen molar-refractivity contribution in [2.45, 2.75) is 31.6 Å². The predicted octanol–water partition coefficient (Wildman–Crippen LogP) is 3.73. The normalized spacial score (nSPS) is 27.6. The van der Waals surface area contributed by atoms with E-state index in [0.717, 1.165) is 12.8 Å². The zero-order chi connectivity index (χ0) is 12.6. The van der Waals surface area contributed by atoms with E-state index in [-0.39, 0.29) is 5.92 Å². The highest BCUT2D eigenvalue weighted by molar-refractivity contribution is 9.10. The van der Waals surface area contributed by atoms with Crippen LogP contribution < -0.4 is 0 Å². The van der Waals surface area contributed by atoms with Gasteiger partial charge >= 0.3 is 5.97 Å². The second-order valence-corrected chi connectivity index (χ2v) is 5.46. The Morgan fingerprint density at radius 3 is 2.76 bits per heavy atom. The maximum absolute atomic E-state index is 13.9. The van der Waals surface area contributed by atoms with Crippen LogP contribution in [0.4, 0.5) is 4.39 Å². The topological polar surface area (TPSA) is 37.3 Å². The Hall–Kier alpha value is -0.900. The van der Waals surface area contributed by atoms with Crippen molar-refractivity contribution >= 4 is 21.9 Å². The third-order valence-electron chi connectivity index (χ3n) is 3.87. The van der Waals surface area contributed by atoms with Gasteiger partial charge in [0.2, 0.25) is 0 Å². The Bertz CT molecular complexity index is 459. The van der Waals surface area contributed by atoms with Crippen molar-refractivity contribution in [1.82, 2.24) is 0 Å². The van der Waals surface area contributed by atoms with Crippen LogP contribution in [0.5, 0.6) is 0 Å². The van der Waals surface area contributed by atoms with E-state index in [1.165, 1.54) is 6.07 Å². The van der Waals surface area contributed by atoms with Gasteiger partial charge in [-0.15, -0.1) is 0 Å². The van der Waals surface area contributed by atoms with E-state index in [4.69, 9.17) is 0 Å². The molecule has 1 fully saturated rings. The SMILES string of the molecule is CCC1CCC1(C(=O)O)c1ccc(Br)cc1F. The number of benzene rings is 1. The molecule has 2 atom stereocenters. The fourth-order valence-corrected chi connectivity index (χ4v) is 3.13. The van der Waals surface area contributed by atoms with Gasteiger partial charge < -0.3 is 5.11 Å². The molecule has 17 heavy (non-hydrogen) atoms. The van der Waals surface area contributed by atoms with E-state index < -0.39 is 17.2 Å². The Morgan fingerprint density at radius 1 is 1.65 bits per heavy atom. The van der Waals surface area contributed by atoms with Gasteiger partial charge in [0.05, 0.1) is 5.41 Å². The summed E-state index contributed by atoms with van der Waals surface area (Å²) in [7, 11) is 0. The Balaban J connectivity index is 2.51. The molecule has 1 aliphatic rings. The number of rotatable bonds is 3. The number of hydrogen-bond donors (Lipinski definition) is 1. The summed E-state index contributed by atoms with van der Waals surface area (Å²) in [5.41, 5.74) is -0.689. The van der Waals surface area contributed by atoms with Crippen LogP contribution >= 0.6 is 15.9 Å². The van der Waals surface area contributed by atoms with Crippen molar-refractivity contribution in [3.63, 3.8) is 0 Å². The quantitative estimate of drug-likeness (QED) is 0.923. The van der Waals surface area contributed by atoms with Gasteiger partial charge in [-0.1, -0.05) is 35.3 Å². The molecule has 1 saturated carbocycles. The molecule has 0 radical (unpaired) electrons. The van der Waals surface area contributed by atoms with Crippen LogP contribution in [-0.4, -0.2) is 11.1 Å². The molecule has 92 valence electrons. The molecule has 0 spiro atoms. The molecular formula is C13H14BrFO2. The number of carbonyl (C=O) groups is 1. The summed E-state index contributed by atoms with van der Waals surface area (Å²) in [6.07, 6.45) is 2.15. The zero-order valence-electron chi connectivity index (χ0n) is 9.54. The number of aliphatic carboxylic acids is 1. The van der Waals surface area contributed by atoms with E-state index in [9.17, 15) is 14.3 Å². The smallest absolute Gasteiger partial charge is 0.314 e. The van der Waals surface area contributed by atoms with Crippen molar-refractivity contribution in [1.29, 1.82) is 0 Å². The Labute approximate surface area is 108 Å². The fourth-order valence-electron chi connectivity index (χ4n) is 2.79. The lowest BCUT2D eigenvalue weighted by molar-refractivity contribution is -0.152. The van der Waals surface area contributed by atoms with Gasteiger partial charge in [-0.2, -0.15) is 0 Å². The van der Waals surface area contributed by atoms with Crippen LogP contribution in [-0.2, 0) is 10.2 Å². The molecular weight excluding hydrogens is 287 g/mol. The molecule has 2 unspecified atom stereocenters.